The van der Waals surface area contributed by atoms with E-state index in [0.717, 1.165) is 0 Å². The van der Waals surface area contributed by atoms with E-state index >= 15 is 0 Å². The molecular weight excluding hydrogens is 174 g/mol. The third-order valence-electron chi connectivity index (χ3n) is 2.55. The van der Waals surface area contributed by atoms with Gasteiger partial charge in [0.05, 0.1) is 25.9 Å². The van der Waals surface area contributed by atoms with Crippen LogP contribution in [0.4, 0.5) is 0 Å². The highest BCUT2D eigenvalue weighted by molar-refractivity contribution is 4.97. The molecule has 4 atom stereocenters. The topological polar surface area (TPSA) is 71.0 Å². The molecule has 0 unspecified atom stereocenters. The molecule has 0 radical (unpaired) electrons. The SMILES string of the molecule is OCCN[C@@H]1CO[C@H]2[C@@H]1OC[C@H]2O. The van der Waals surface area contributed by atoms with Crippen molar-refractivity contribution in [1.29, 1.82) is 0 Å². The van der Waals surface area contributed by atoms with Crippen molar-refractivity contribution >= 4 is 0 Å². The summed E-state index contributed by atoms with van der Waals surface area (Å²) < 4.78 is 10.8. The number of hydrogen-bond donors (Lipinski definition) is 3. The monoisotopic (exact) mass is 189 g/mol. The highest BCUT2D eigenvalue weighted by Crippen LogP contribution is 2.26. The number of aliphatic hydroxyl groups is 2. The molecule has 0 spiro atoms. The summed E-state index contributed by atoms with van der Waals surface area (Å²) in [5.41, 5.74) is 0. The minimum Gasteiger partial charge on any atom is -0.395 e. The third kappa shape index (κ3) is 1.70. The van der Waals surface area contributed by atoms with E-state index in [4.69, 9.17) is 14.6 Å². The summed E-state index contributed by atoms with van der Waals surface area (Å²) in [6, 6.07) is 0.106. The van der Waals surface area contributed by atoms with Crippen molar-refractivity contribution in [3.8, 4) is 0 Å². The van der Waals surface area contributed by atoms with Crippen LogP contribution in [0.15, 0.2) is 0 Å². The van der Waals surface area contributed by atoms with E-state index < -0.39 is 6.10 Å². The molecule has 2 aliphatic heterocycles. The lowest BCUT2D eigenvalue weighted by molar-refractivity contribution is 0.0178. The standard InChI is InChI=1S/C8H15NO4/c10-2-1-9-5-3-12-8-6(11)4-13-7(5)8/h5-11H,1-4H2/t5-,6-,7-,8-/m1/s1. The Morgan fingerprint density at radius 1 is 1.23 bits per heavy atom. The van der Waals surface area contributed by atoms with Gasteiger partial charge in [-0.2, -0.15) is 0 Å². The second-order valence-corrected chi connectivity index (χ2v) is 3.45. The van der Waals surface area contributed by atoms with Crippen molar-refractivity contribution in [3.05, 3.63) is 0 Å². The van der Waals surface area contributed by atoms with E-state index in [1.165, 1.54) is 0 Å². The number of fused-ring (bicyclic) bond motifs is 1. The number of rotatable bonds is 3. The first-order valence-electron chi connectivity index (χ1n) is 4.58. The van der Waals surface area contributed by atoms with Crippen LogP contribution in [0.5, 0.6) is 0 Å². The summed E-state index contributed by atoms with van der Waals surface area (Å²) in [5, 5.41) is 21.2. The van der Waals surface area contributed by atoms with E-state index in [1.807, 2.05) is 0 Å². The second-order valence-electron chi connectivity index (χ2n) is 3.45. The van der Waals surface area contributed by atoms with E-state index in [1.54, 1.807) is 0 Å². The van der Waals surface area contributed by atoms with Gasteiger partial charge in [0.25, 0.3) is 0 Å². The summed E-state index contributed by atoms with van der Waals surface area (Å²) in [7, 11) is 0. The summed E-state index contributed by atoms with van der Waals surface area (Å²) in [4.78, 5) is 0. The molecule has 0 aromatic carbocycles. The molecule has 2 fully saturated rings. The fourth-order valence-corrected chi connectivity index (χ4v) is 1.90. The predicted octanol–water partition coefficient (Wildman–Crippen LogP) is -1.90. The van der Waals surface area contributed by atoms with E-state index in [-0.39, 0.29) is 24.9 Å². The normalized spacial score (nSPS) is 43.8. The van der Waals surface area contributed by atoms with E-state index in [9.17, 15) is 5.11 Å². The molecule has 0 aliphatic carbocycles. The highest BCUT2D eigenvalue weighted by atomic mass is 16.6. The summed E-state index contributed by atoms with van der Waals surface area (Å²) in [6.45, 7) is 1.55. The van der Waals surface area contributed by atoms with Crippen molar-refractivity contribution in [2.45, 2.75) is 24.4 Å². The number of nitrogens with one attached hydrogen (secondary N) is 1. The zero-order valence-electron chi connectivity index (χ0n) is 7.35. The van der Waals surface area contributed by atoms with Gasteiger partial charge in [0.1, 0.15) is 18.3 Å². The summed E-state index contributed by atoms with van der Waals surface area (Å²) >= 11 is 0. The molecule has 2 heterocycles. The highest BCUT2D eigenvalue weighted by Gasteiger charge is 2.46. The van der Waals surface area contributed by atoms with Gasteiger partial charge in [0.15, 0.2) is 0 Å². The molecule has 13 heavy (non-hydrogen) atoms. The predicted molar refractivity (Wildman–Crippen MR) is 44.4 cm³/mol. The summed E-state index contributed by atoms with van der Waals surface area (Å²) in [6.07, 6.45) is -0.733. The molecule has 0 aromatic heterocycles. The molecule has 76 valence electrons. The molecular formula is C8H15NO4. The smallest absolute Gasteiger partial charge is 0.113 e. The fourth-order valence-electron chi connectivity index (χ4n) is 1.90. The maximum Gasteiger partial charge on any atom is 0.113 e. The Morgan fingerprint density at radius 2 is 2.00 bits per heavy atom. The van der Waals surface area contributed by atoms with Gasteiger partial charge in [-0.05, 0) is 0 Å². The van der Waals surface area contributed by atoms with Crippen molar-refractivity contribution in [2.75, 3.05) is 26.4 Å². The van der Waals surface area contributed by atoms with Crippen LogP contribution in [0.25, 0.3) is 0 Å². The maximum atomic E-state index is 9.42. The van der Waals surface area contributed by atoms with Crippen molar-refractivity contribution in [1.82, 2.24) is 5.32 Å². The Bertz CT molecular complexity index is 178. The Balaban J connectivity index is 1.87. The lowest BCUT2D eigenvalue weighted by Crippen LogP contribution is -2.42. The first-order chi connectivity index (χ1) is 6.33. The lowest BCUT2D eigenvalue weighted by Gasteiger charge is -2.16. The van der Waals surface area contributed by atoms with Crippen LogP contribution in [0.1, 0.15) is 0 Å². The molecule has 0 saturated carbocycles. The average Bonchev–Trinajstić information content (AvgIpc) is 2.67. The number of aliphatic hydroxyl groups excluding tert-OH is 2. The van der Waals surface area contributed by atoms with Gasteiger partial charge in [-0.25, -0.2) is 0 Å². The van der Waals surface area contributed by atoms with Gasteiger partial charge in [-0.1, -0.05) is 0 Å². The third-order valence-corrected chi connectivity index (χ3v) is 2.55. The maximum absolute atomic E-state index is 9.42. The lowest BCUT2D eigenvalue weighted by atomic mass is 10.1. The van der Waals surface area contributed by atoms with Gasteiger partial charge >= 0.3 is 0 Å². The molecule has 2 rings (SSSR count). The van der Waals surface area contributed by atoms with Crippen LogP contribution in [-0.2, 0) is 9.47 Å². The minimum atomic E-state index is -0.495. The Labute approximate surface area is 76.6 Å². The largest absolute Gasteiger partial charge is 0.395 e. The Hall–Kier alpha value is -0.200. The van der Waals surface area contributed by atoms with Crippen LogP contribution in [0, 0.1) is 0 Å². The Kier molecular flexibility index (Phi) is 2.80. The molecule has 5 heteroatoms. The van der Waals surface area contributed by atoms with Gasteiger partial charge in [0.2, 0.25) is 0 Å². The first-order valence-corrected chi connectivity index (χ1v) is 4.58. The van der Waals surface area contributed by atoms with Crippen LogP contribution < -0.4 is 5.32 Å². The molecule has 5 nitrogen and oxygen atoms in total. The van der Waals surface area contributed by atoms with Gasteiger partial charge in [0, 0.05) is 6.54 Å². The first kappa shape index (κ1) is 9.36. The molecule has 2 saturated heterocycles. The van der Waals surface area contributed by atoms with Crippen LogP contribution in [0.2, 0.25) is 0 Å². The van der Waals surface area contributed by atoms with Gasteiger partial charge in [-0.3, -0.25) is 0 Å². The fraction of sp³-hybridized carbons (Fsp3) is 1.00. The van der Waals surface area contributed by atoms with Crippen LogP contribution in [-0.4, -0.2) is 60.9 Å². The van der Waals surface area contributed by atoms with E-state index in [2.05, 4.69) is 5.32 Å². The van der Waals surface area contributed by atoms with Crippen LogP contribution in [0.3, 0.4) is 0 Å². The zero-order valence-corrected chi connectivity index (χ0v) is 7.35. The minimum absolute atomic E-state index is 0.0541. The molecule has 0 amide bonds. The van der Waals surface area contributed by atoms with Crippen molar-refractivity contribution in [2.24, 2.45) is 0 Å². The zero-order chi connectivity index (χ0) is 9.26. The summed E-state index contributed by atoms with van der Waals surface area (Å²) in [5.74, 6) is 0. The Morgan fingerprint density at radius 3 is 2.77 bits per heavy atom. The van der Waals surface area contributed by atoms with E-state index in [0.29, 0.717) is 19.8 Å². The van der Waals surface area contributed by atoms with Crippen molar-refractivity contribution in [3.63, 3.8) is 0 Å². The molecule has 2 aliphatic rings. The number of ether oxygens (including phenoxy) is 2. The van der Waals surface area contributed by atoms with Crippen molar-refractivity contribution < 1.29 is 19.7 Å². The van der Waals surface area contributed by atoms with Gasteiger partial charge < -0.3 is 25.0 Å². The average molecular weight is 189 g/mol. The molecule has 3 N–H and O–H groups in total. The quantitative estimate of drug-likeness (QED) is 0.483. The molecule has 0 aromatic rings. The van der Waals surface area contributed by atoms with Gasteiger partial charge in [-0.15, -0.1) is 0 Å². The number of hydrogen-bond acceptors (Lipinski definition) is 5. The van der Waals surface area contributed by atoms with Crippen LogP contribution >= 0.6 is 0 Å². The molecule has 0 bridgehead atoms. The second kappa shape index (κ2) is 3.89.